The third kappa shape index (κ3) is 2.96. The summed E-state index contributed by atoms with van der Waals surface area (Å²) in [7, 11) is -0.558. The van der Waals surface area contributed by atoms with Crippen LogP contribution in [-0.4, -0.2) is 11.7 Å². The quantitative estimate of drug-likeness (QED) is 0.852. The van der Waals surface area contributed by atoms with Crippen molar-refractivity contribution in [3.05, 3.63) is 60.2 Å². The highest BCUT2D eigenvalue weighted by Gasteiger charge is 2.35. The van der Waals surface area contributed by atoms with E-state index in [4.69, 9.17) is 4.52 Å². The molecule has 0 fully saturated rings. The Bertz CT molecular complexity index is 614. The molecule has 0 amide bonds. The van der Waals surface area contributed by atoms with Gasteiger partial charge in [-0.05, 0) is 25.1 Å². The van der Waals surface area contributed by atoms with Crippen molar-refractivity contribution in [1.82, 2.24) is 0 Å². The van der Waals surface area contributed by atoms with E-state index in [1.807, 2.05) is 31.2 Å². The van der Waals surface area contributed by atoms with E-state index in [0.29, 0.717) is 17.5 Å². The molecular formula is C15H18O3P2. The largest absolute Gasteiger partial charge is 0.508 e. The fourth-order valence-corrected chi connectivity index (χ4v) is 5.31. The second-order valence-electron chi connectivity index (χ2n) is 4.35. The van der Waals surface area contributed by atoms with Crippen LogP contribution in [0.5, 0.6) is 5.75 Å². The summed E-state index contributed by atoms with van der Waals surface area (Å²) in [4.78, 5) is 0. The molecule has 2 aromatic carbocycles. The molecule has 0 aliphatic rings. The molecule has 5 heteroatoms. The van der Waals surface area contributed by atoms with Gasteiger partial charge in [-0.3, -0.25) is 4.57 Å². The number of para-hydroxylation sites is 1. The van der Waals surface area contributed by atoms with Crippen molar-refractivity contribution >= 4 is 21.9 Å². The van der Waals surface area contributed by atoms with Gasteiger partial charge < -0.3 is 9.63 Å². The van der Waals surface area contributed by atoms with E-state index in [1.54, 1.807) is 30.3 Å². The van der Waals surface area contributed by atoms with Gasteiger partial charge in [-0.25, -0.2) is 0 Å². The number of hydrogen-bond acceptors (Lipinski definition) is 3. The number of phenols is 1. The highest BCUT2D eigenvalue weighted by molar-refractivity contribution is 7.72. The van der Waals surface area contributed by atoms with Crippen molar-refractivity contribution < 1.29 is 14.2 Å². The highest BCUT2D eigenvalue weighted by Crippen LogP contribution is 2.63. The normalized spacial score (nSPS) is 15.5. The van der Waals surface area contributed by atoms with Gasteiger partial charge in [-0.15, -0.1) is 9.24 Å². The third-order valence-corrected chi connectivity index (χ3v) is 7.27. The molecule has 0 saturated carbocycles. The van der Waals surface area contributed by atoms with E-state index < -0.39 is 12.8 Å². The lowest BCUT2D eigenvalue weighted by Crippen LogP contribution is -2.11. The van der Waals surface area contributed by atoms with Crippen molar-refractivity contribution in [3.63, 3.8) is 0 Å². The van der Waals surface area contributed by atoms with E-state index in [9.17, 15) is 9.67 Å². The summed E-state index contributed by atoms with van der Waals surface area (Å²) >= 11 is 0. The molecule has 0 saturated heterocycles. The third-order valence-electron chi connectivity index (χ3n) is 3.06. The summed E-state index contributed by atoms with van der Waals surface area (Å²) in [6, 6.07) is 16.1. The Hall–Kier alpha value is -1.14. The summed E-state index contributed by atoms with van der Waals surface area (Å²) in [5, 5.41) is 10.1. The minimum atomic E-state index is -3.11. The molecule has 0 spiro atoms. The van der Waals surface area contributed by atoms with Gasteiger partial charge in [-0.2, -0.15) is 0 Å². The van der Waals surface area contributed by atoms with Crippen molar-refractivity contribution in [2.45, 2.75) is 12.3 Å². The van der Waals surface area contributed by atoms with Crippen LogP contribution in [-0.2, 0) is 9.09 Å². The Balaban J connectivity index is 2.49. The summed E-state index contributed by atoms with van der Waals surface area (Å²) in [5.74, 6) is 0.128. The van der Waals surface area contributed by atoms with E-state index in [-0.39, 0.29) is 5.75 Å². The summed E-state index contributed by atoms with van der Waals surface area (Å²) in [6.45, 7) is 2.17. The van der Waals surface area contributed by atoms with Gasteiger partial charge in [-0.1, -0.05) is 36.4 Å². The molecule has 2 aromatic rings. The molecule has 1 N–H and O–H groups in total. The van der Waals surface area contributed by atoms with Gasteiger partial charge in [0, 0.05) is 10.9 Å². The Morgan fingerprint density at radius 3 is 2.35 bits per heavy atom. The molecule has 0 aliphatic carbocycles. The zero-order chi connectivity index (χ0) is 14.6. The average molecular weight is 308 g/mol. The number of benzene rings is 2. The fourth-order valence-electron chi connectivity index (χ4n) is 2.06. The van der Waals surface area contributed by atoms with Crippen molar-refractivity contribution in [2.24, 2.45) is 0 Å². The monoisotopic (exact) mass is 308 g/mol. The first-order chi connectivity index (χ1) is 9.59. The van der Waals surface area contributed by atoms with E-state index >= 15 is 0 Å². The van der Waals surface area contributed by atoms with Crippen molar-refractivity contribution in [2.75, 3.05) is 6.61 Å². The molecule has 3 nitrogen and oxygen atoms in total. The van der Waals surface area contributed by atoms with Gasteiger partial charge in [0.05, 0.1) is 12.0 Å². The SMILES string of the molecule is CCO[P@](=O)(c1ccccc1)[C@@H](P)c1ccccc1O. The van der Waals surface area contributed by atoms with Gasteiger partial charge in [0.15, 0.2) is 0 Å². The molecule has 1 unspecified atom stereocenters. The van der Waals surface area contributed by atoms with Crippen LogP contribution in [0.4, 0.5) is 0 Å². The lowest BCUT2D eigenvalue weighted by atomic mass is 10.2. The predicted molar refractivity (Wildman–Crippen MR) is 85.9 cm³/mol. The summed E-state index contributed by atoms with van der Waals surface area (Å²) in [6.07, 6.45) is 0. The lowest BCUT2D eigenvalue weighted by molar-refractivity contribution is 0.338. The predicted octanol–water partition coefficient (Wildman–Crippen LogP) is 3.91. The molecule has 0 radical (unpaired) electrons. The molecule has 0 bridgehead atoms. The van der Waals surface area contributed by atoms with Crippen LogP contribution in [0.2, 0.25) is 0 Å². The Morgan fingerprint density at radius 2 is 1.75 bits per heavy atom. The van der Waals surface area contributed by atoms with Gasteiger partial charge in [0.2, 0.25) is 7.37 Å². The molecule has 106 valence electrons. The van der Waals surface area contributed by atoms with Crippen LogP contribution < -0.4 is 5.30 Å². The first kappa shape index (κ1) is 15.3. The van der Waals surface area contributed by atoms with Gasteiger partial charge >= 0.3 is 0 Å². The minimum Gasteiger partial charge on any atom is -0.508 e. The zero-order valence-corrected chi connectivity index (χ0v) is 13.3. The van der Waals surface area contributed by atoms with E-state index in [2.05, 4.69) is 9.24 Å². The summed E-state index contributed by atoms with van der Waals surface area (Å²) in [5.41, 5.74) is 0.609. The van der Waals surface area contributed by atoms with Crippen LogP contribution >= 0.6 is 16.6 Å². The maximum absolute atomic E-state index is 13.3. The summed E-state index contributed by atoms with van der Waals surface area (Å²) < 4.78 is 18.9. The standard InChI is InChI=1S/C15H18O3P2/c1-2-18-20(17,12-8-4-3-5-9-12)15(19)13-10-6-7-11-14(13)16/h3-11,15-16H,2,19H2,1H3/t15-,20-/m1/s1. The molecule has 2 rings (SSSR count). The first-order valence-corrected chi connectivity index (χ1v) is 8.79. The zero-order valence-electron chi connectivity index (χ0n) is 11.3. The molecule has 3 atom stereocenters. The minimum absolute atomic E-state index is 0.128. The van der Waals surface area contributed by atoms with E-state index in [0.717, 1.165) is 0 Å². The second kappa shape index (κ2) is 6.54. The van der Waals surface area contributed by atoms with Gasteiger partial charge in [0.25, 0.3) is 0 Å². The number of hydrogen-bond donors (Lipinski definition) is 1. The maximum Gasteiger partial charge on any atom is 0.243 e. The van der Waals surface area contributed by atoms with Crippen LogP contribution in [0.1, 0.15) is 17.9 Å². The molecule has 20 heavy (non-hydrogen) atoms. The fraction of sp³-hybridized carbons (Fsp3) is 0.200. The van der Waals surface area contributed by atoms with Crippen LogP contribution in [0.25, 0.3) is 0 Å². The van der Waals surface area contributed by atoms with Gasteiger partial charge in [0.1, 0.15) is 5.75 Å². The second-order valence-corrected chi connectivity index (χ2v) is 8.11. The number of aromatic hydroxyl groups is 1. The smallest absolute Gasteiger partial charge is 0.243 e. The molecular weight excluding hydrogens is 290 g/mol. The van der Waals surface area contributed by atoms with Crippen LogP contribution in [0, 0.1) is 0 Å². The maximum atomic E-state index is 13.3. The Labute approximate surface area is 121 Å². The Morgan fingerprint density at radius 1 is 1.15 bits per heavy atom. The van der Waals surface area contributed by atoms with Crippen LogP contribution in [0.3, 0.4) is 0 Å². The van der Waals surface area contributed by atoms with E-state index in [1.165, 1.54) is 0 Å². The molecule has 0 aromatic heterocycles. The molecule has 0 aliphatic heterocycles. The molecule has 0 heterocycles. The van der Waals surface area contributed by atoms with Crippen LogP contribution in [0.15, 0.2) is 54.6 Å². The average Bonchev–Trinajstić information content (AvgIpc) is 2.48. The van der Waals surface area contributed by atoms with Crippen molar-refractivity contribution in [3.8, 4) is 5.75 Å². The topological polar surface area (TPSA) is 46.5 Å². The lowest BCUT2D eigenvalue weighted by Gasteiger charge is -2.25. The number of rotatable bonds is 5. The Kier molecular flexibility index (Phi) is 4.99. The first-order valence-electron chi connectivity index (χ1n) is 6.43. The highest BCUT2D eigenvalue weighted by atomic mass is 31.2. The van der Waals surface area contributed by atoms with Crippen molar-refractivity contribution in [1.29, 1.82) is 0 Å². The number of phenolic OH excluding ortho intramolecular Hbond substituents is 1.